The zero-order valence-electron chi connectivity index (χ0n) is 21.4. The van der Waals surface area contributed by atoms with Crippen LogP contribution in [0.15, 0.2) is 18.2 Å². The van der Waals surface area contributed by atoms with Gasteiger partial charge in [-0.3, -0.25) is 0 Å². The molecule has 0 spiro atoms. The number of halogens is 1. The second kappa shape index (κ2) is 15.8. The van der Waals surface area contributed by atoms with E-state index in [-0.39, 0.29) is 18.2 Å². The Labute approximate surface area is 214 Å². The molecule has 0 radical (unpaired) electrons. The number of amides is 3. The number of likely N-dealkylation sites (N-methyl/N-ethyl adjacent to an activating group) is 1. The number of benzene rings is 1. The van der Waals surface area contributed by atoms with Gasteiger partial charge in [0, 0.05) is 51.0 Å². The minimum atomic E-state index is -0.502. The Morgan fingerprint density at radius 1 is 1.29 bits per heavy atom. The highest BCUT2D eigenvalue weighted by molar-refractivity contribution is 6.30. The van der Waals surface area contributed by atoms with E-state index in [4.69, 9.17) is 21.1 Å². The molecule has 1 aromatic rings. The van der Waals surface area contributed by atoms with Gasteiger partial charge in [-0.15, -0.1) is 0 Å². The van der Waals surface area contributed by atoms with Gasteiger partial charge >= 0.3 is 12.1 Å². The highest BCUT2D eigenvalue weighted by Crippen LogP contribution is 2.27. The molecule has 3 N–H and O–H groups in total. The van der Waals surface area contributed by atoms with Crippen molar-refractivity contribution in [2.24, 2.45) is 5.92 Å². The number of urea groups is 1. The number of methoxy groups -OCH3 is 1. The molecule has 0 bridgehead atoms. The van der Waals surface area contributed by atoms with Crippen LogP contribution in [0, 0.1) is 12.8 Å². The average molecular weight is 513 g/mol. The predicted molar refractivity (Wildman–Crippen MR) is 137 cm³/mol. The molecule has 198 valence electrons. The molecule has 1 aromatic carbocycles. The van der Waals surface area contributed by atoms with Crippen LogP contribution in [0.3, 0.4) is 0 Å². The molecular weight excluding hydrogens is 472 g/mol. The lowest BCUT2D eigenvalue weighted by Crippen LogP contribution is -2.48. The first-order valence-electron chi connectivity index (χ1n) is 12.3. The number of nitrogens with zero attached hydrogens (tertiary/aromatic N) is 1. The van der Waals surface area contributed by atoms with E-state index in [1.807, 2.05) is 32.2 Å². The van der Waals surface area contributed by atoms with Gasteiger partial charge in [-0.2, -0.15) is 0 Å². The van der Waals surface area contributed by atoms with Crippen molar-refractivity contribution in [2.45, 2.75) is 44.8 Å². The van der Waals surface area contributed by atoms with Crippen molar-refractivity contribution in [3.05, 3.63) is 34.3 Å². The first-order chi connectivity index (χ1) is 16.8. The number of alkyl carbamates (subject to hydrolysis) is 1. The van der Waals surface area contributed by atoms with Crippen LogP contribution < -0.4 is 16.0 Å². The van der Waals surface area contributed by atoms with Crippen LogP contribution in [0.25, 0.3) is 0 Å². The van der Waals surface area contributed by atoms with E-state index in [1.54, 1.807) is 11.9 Å². The van der Waals surface area contributed by atoms with Crippen LogP contribution in [-0.4, -0.2) is 83.7 Å². The Balaban J connectivity index is 1.94. The minimum Gasteiger partial charge on any atom is -0.453 e. The second-order valence-corrected chi connectivity index (χ2v) is 9.42. The Bertz CT molecular complexity index is 791. The van der Waals surface area contributed by atoms with Crippen LogP contribution in [0.1, 0.15) is 42.9 Å². The number of aryl methyl sites for hydroxylation is 1. The first-order valence-corrected chi connectivity index (χ1v) is 12.6. The van der Waals surface area contributed by atoms with Crippen molar-refractivity contribution in [2.75, 3.05) is 60.7 Å². The molecule has 1 aliphatic rings. The SMILES string of the molecule is CNC[C@H](CC1CCOCC1)NC(=O)N(C)CC[C@H](OCCNC(=O)OC)c1cc(Cl)ccc1C. The third-order valence-electron chi connectivity index (χ3n) is 6.27. The standard InChI is InChI=1S/C25H41ClN4O5/c1-18-5-6-20(26)16-22(18)23(35-14-10-28-25(32)33-4)7-11-30(3)24(31)29-21(17-27-2)15-19-8-12-34-13-9-19/h5-6,16,19,21,23,27H,7-15,17H2,1-4H3,(H,28,32)(H,29,31)/t21-,23-/m0/s1. The van der Waals surface area contributed by atoms with Crippen molar-refractivity contribution in [1.82, 2.24) is 20.9 Å². The zero-order chi connectivity index (χ0) is 25.6. The van der Waals surface area contributed by atoms with Gasteiger partial charge < -0.3 is 35.1 Å². The lowest BCUT2D eigenvalue weighted by molar-refractivity contribution is 0.0433. The Morgan fingerprint density at radius 2 is 2.03 bits per heavy atom. The average Bonchev–Trinajstić information content (AvgIpc) is 2.85. The lowest BCUT2D eigenvalue weighted by Gasteiger charge is -2.29. The molecule has 0 unspecified atom stereocenters. The van der Waals surface area contributed by atoms with E-state index < -0.39 is 6.09 Å². The van der Waals surface area contributed by atoms with Gasteiger partial charge in [0.1, 0.15) is 0 Å². The third-order valence-corrected chi connectivity index (χ3v) is 6.51. The highest BCUT2D eigenvalue weighted by atomic mass is 35.5. The summed E-state index contributed by atoms with van der Waals surface area (Å²) >= 11 is 6.25. The van der Waals surface area contributed by atoms with E-state index in [0.717, 1.165) is 50.1 Å². The quantitative estimate of drug-likeness (QED) is 0.350. The summed E-state index contributed by atoms with van der Waals surface area (Å²) in [6.07, 6.45) is 2.81. The molecule has 0 saturated carbocycles. The number of nitrogens with one attached hydrogen (secondary N) is 3. The molecule has 9 nitrogen and oxygen atoms in total. The summed E-state index contributed by atoms with van der Waals surface area (Å²) in [6, 6.07) is 5.65. The van der Waals surface area contributed by atoms with E-state index in [9.17, 15) is 9.59 Å². The summed E-state index contributed by atoms with van der Waals surface area (Å²) in [5.74, 6) is 0.565. The third kappa shape index (κ3) is 10.6. The number of carbonyl (C=O) groups is 2. The van der Waals surface area contributed by atoms with Crippen LogP contribution in [-0.2, 0) is 14.2 Å². The van der Waals surface area contributed by atoms with Gasteiger partial charge in [0.15, 0.2) is 0 Å². The van der Waals surface area contributed by atoms with Crippen LogP contribution in [0.5, 0.6) is 0 Å². The minimum absolute atomic E-state index is 0.0599. The van der Waals surface area contributed by atoms with Crippen molar-refractivity contribution in [1.29, 1.82) is 0 Å². The van der Waals surface area contributed by atoms with Crippen molar-refractivity contribution in [3.63, 3.8) is 0 Å². The predicted octanol–water partition coefficient (Wildman–Crippen LogP) is 3.50. The summed E-state index contributed by atoms with van der Waals surface area (Å²) in [5, 5.41) is 9.61. The van der Waals surface area contributed by atoms with Crippen LogP contribution in [0.2, 0.25) is 5.02 Å². The molecule has 0 aliphatic carbocycles. The van der Waals surface area contributed by atoms with Gasteiger partial charge in [0.2, 0.25) is 0 Å². The molecule has 0 aromatic heterocycles. The smallest absolute Gasteiger partial charge is 0.406 e. The summed E-state index contributed by atoms with van der Waals surface area (Å²) < 4.78 is 16.2. The number of ether oxygens (including phenoxy) is 3. The molecule has 1 saturated heterocycles. The molecule has 2 atom stereocenters. The number of rotatable bonds is 13. The summed E-state index contributed by atoms with van der Waals surface area (Å²) in [4.78, 5) is 25.9. The van der Waals surface area contributed by atoms with E-state index in [2.05, 4.69) is 20.7 Å². The molecule has 1 heterocycles. The monoisotopic (exact) mass is 512 g/mol. The maximum atomic E-state index is 12.9. The van der Waals surface area contributed by atoms with E-state index in [1.165, 1.54) is 7.11 Å². The lowest BCUT2D eigenvalue weighted by atomic mass is 9.92. The Kier molecular flexibility index (Phi) is 13.2. The van der Waals surface area contributed by atoms with E-state index >= 15 is 0 Å². The topological polar surface area (TPSA) is 101 Å². The van der Waals surface area contributed by atoms with Crippen molar-refractivity contribution in [3.8, 4) is 0 Å². The zero-order valence-corrected chi connectivity index (χ0v) is 22.2. The fourth-order valence-corrected chi connectivity index (χ4v) is 4.42. The van der Waals surface area contributed by atoms with E-state index in [0.29, 0.717) is 37.1 Å². The summed E-state index contributed by atoms with van der Waals surface area (Å²) in [5.41, 5.74) is 2.02. The molecule has 10 heteroatoms. The Hall–Kier alpha value is -2.07. The number of carbonyl (C=O) groups excluding carboxylic acids is 2. The molecular formula is C25H41ClN4O5. The largest absolute Gasteiger partial charge is 0.453 e. The summed E-state index contributed by atoms with van der Waals surface area (Å²) in [6.45, 7) is 5.43. The molecule has 3 amide bonds. The molecule has 35 heavy (non-hydrogen) atoms. The molecule has 2 rings (SSSR count). The van der Waals surface area contributed by atoms with Gasteiger partial charge in [-0.25, -0.2) is 9.59 Å². The molecule has 1 aliphatic heterocycles. The second-order valence-electron chi connectivity index (χ2n) is 8.98. The summed E-state index contributed by atoms with van der Waals surface area (Å²) in [7, 11) is 5.01. The van der Waals surface area contributed by atoms with Gasteiger partial charge in [0.05, 0.1) is 19.8 Å². The highest BCUT2D eigenvalue weighted by Gasteiger charge is 2.23. The van der Waals surface area contributed by atoms with Crippen molar-refractivity contribution < 1.29 is 23.8 Å². The van der Waals surface area contributed by atoms with Gasteiger partial charge in [0.25, 0.3) is 0 Å². The molecule has 1 fully saturated rings. The fraction of sp³-hybridized carbons (Fsp3) is 0.680. The van der Waals surface area contributed by atoms with Gasteiger partial charge in [-0.05, 0) is 68.8 Å². The normalized spacial score (nSPS) is 15.8. The van der Waals surface area contributed by atoms with Gasteiger partial charge in [-0.1, -0.05) is 17.7 Å². The fourth-order valence-electron chi connectivity index (χ4n) is 4.23. The maximum absolute atomic E-state index is 12.9. The number of hydrogen-bond acceptors (Lipinski definition) is 6. The van der Waals surface area contributed by atoms with Crippen LogP contribution in [0.4, 0.5) is 9.59 Å². The van der Waals surface area contributed by atoms with Crippen molar-refractivity contribution >= 4 is 23.7 Å². The first kappa shape index (κ1) is 29.2. The maximum Gasteiger partial charge on any atom is 0.406 e. The van der Waals surface area contributed by atoms with Crippen LogP contribution >= 0.6 is 11.6 Å². The number of hydrogen-bond donors (Lipinski definition) is 3. The Morgan fingerprint density at radius 3 is 2.71 bits per heavy atom.